The van der Waals surface area contributed by atoms with Crippen LogP contribution in [0.4, 0.5) is 0 Å². The largest absolute Gasteiger partial charge is 0.328 e. The first-order chi connectivity index (χ1) is 12.7. The zero-order valence-corrected chi connectivity index (χ0v) is 18.5. The number of nitrogens with two attached hydrogens (primary N) is 2. The Balaban J connectivity index is 3.19. The molecule has 0 heterocycles. The number of hydrogen-bond donors (Lipinski definition) is 2. The maximum absolute atomic E-state index is 6.21. The summed E-state index contributed by atoms with van der Waals surface area (Å²) in [5.41, 5.74) is 12.4. The molecular formula is C24H52N2. The maximum Gasteiger partial charge on any atom is 0.00388 e. The van der Waals surface area contributed by atoms with E-state index in [1.165, 1.54) is 128 Å². The second kappa shape index (κ2) is 21.2. The van der Waals surface area contributed by atoms with E-state index in [4.69, 9.17) is 11.5 Å². The van der Waals surface area contributed by atoms with Crippen LogP contribution in [0.15, 0.2) is 0 Å². The Morgan fingerprint density at radius 1 is 0.385 bits per heavy atom. The van der Waals surface area contributed by atoms with Crippen LogP contribution in [0.3, 0.4) is 0 Å². The highest BCUT2D eigenvalue weighted by Gasteiger charge is 2.03. The Kier molecular flexibility index (Phi) is 21.2. The molecule has 158 valence electrons. The summed E-state index contributed by atoms with van der Waals surface area (Å²) in [5, 5.41) is 0. The quantitative estimate of drug-likeness (QED) is 0.206. The van der Waals surface area contributed by atoms with Crippen molar-refractivity contribution >= 4 is 0 Å². The summed E-state index contributed by atoms with van der Waals surface area (Å²) in [5.74, 6) is 0. The smallest absolute Gasteiger partial charge is 0.00388 e. The molecule has 0 aromatic heterocycles. The number of hydrogen-bond acceptors (Lipinski definition) is 2. The molecule has 0 aromatic carbocycles. The zero-order chi connectivity index (χ0) is 19.3. The minimum Gasteiger partial charge on any atom is -0.328 e. The van der Waals surface area contributed by atoms with Crippen LogP contribution in [0.1, 0.15) is 142 Å². The zero-order valence-electron chi connectivity index (χ0n) is 18.5. The lowest BCUT2D eigenvalue weighted by molar-refractivity contribution is 0.475. The van der Waals surface area contributed by atoms with Crippen molar-refractivity contribution in [3.8, 4) is 0 Å². The van der Waals surface area contributed by atoms with E-state index >= 15 is 0 Å². The lowest BCUT2D eigenvalue weighted by Crippen LogP contribution is -2.19. The average Bonchev–Trinajstić information content (AvgIpc) is 2.64. The molecule has 0 aliphatic rings. The summed E-state index contributed by atoms with van der Waals surface area (Å²) < 4.78 is 0. The van der Waals surface area contributed by atoms with Crippen LogP contribution >= 0.6 is 0 Å². The molecule has 2 atom stereocenters. The van der Waals surface area contributed by atoms with Crippen molar-refractivity contribution in [2.45, 2.75) is 154 Å². The van der Waals surface area contributed by atoms with Gasteiger partial charge in [-0.1, -0.05) is 117 Å². The number of rotatable bonds is 21. The minimum atomic E-state index is 0.457. The second-order valence-electron chi connectivity index (χ2n) is 8.62. The van der Waals surface area contributed by atoms with Gasteiger partial charge in [0.15, 0.2) is 0 Å². The lowest BCUT2D eigenvalue weighted by atomic mass is 10.00. The van der Waals surface area contributed by atoms with Crippen LogP contribution < -0.4 is 11.5 Å². The van der Waals surface area contributed by atoms with Crippen molar-refractivity contribution in [2.24, 2.45) is 11.5 Å². The molecule has 4 N–H and O–H groups in total. The Bertz CT molecular complexity index is 229. The topological polar surface area (TPSA) is 52.0 Å². The molecule has 0 aliphatic carbocycles. The molecule has 0 amide bonds. The first kappa shape index (κ1) is 25.9. The van der Waals surface area contributed by atoms with E-state index in [0.29, 0.717) is 12.1 Å². The van der Waals surface area contributed by atoms with Gasteiger partial charge in [0.1, 0.15) is 0 Å². The van der Waals surface area contributed by atoms with Crippen LogP contribution in [0, 0.1) is 0 Å². The molecule has 0 aliphatic heterocycles. The Morgan fingerprint density at radius 2 is 0.615 bits per heavy atom. The van der Waals surface area contributed by atoms with Crippen molar-refractivity contribution in [3.63, 3.8) is 0 Å². The van der Waals surface area contributed by atoms with Gasteiger partial charge < -0.3 is 11.5 Å². The minimum absolute atomic E-state index is 0.457. The van der Waals surface area contributed by atoms with Crippen molar-refractivity contribution < 1.29 is 0 Å². The SMILES string of the molecule is CCCCCCC(N)CCCCCCCCCCC(N)CCCCCC. The highest BCUT2D eigenvalue weighted by Crippen LogP contribution is 2.14. The van der Waals surface area contributed by atoms with E-state index in [-0.39, 0.29) is 0 Å². The molecule has 26 heavy (non-hydrogen) atoms. The van der Waals surface area contributed by atoms with Crippen LogP contribution in [-0.4, -0.2) is 12.1 Å². The van der Waals surface area contributed by atoms with Gasteiger partial charge in [-0.15, -0.1) is 0 Å². The Labute approximate surface area is 166 Å². The molecule has 0 fully saturated rings. The molecule has 2 nitrogen and oxygen atoms in total. The molecule has 0 rings (SSSR count). The number of unbranched alkanes of at least 4 members (excludes halogenated alkanes) is 13. The maximum atomic E-state index is 6.21. The fraction of sp³-hybridized carbons (Fsp3) is 1.00. The lowest BCUT2D eigenvalue weighted by Gasteiger charge is -2.11. The monoisotopic (exact) mass is 368 g/mol. The molecule has 0 bridgehead atoms. The normalized spacial score (nSPS) is 13.8. The third-order valence-corrected chi connectivity index (χ3v) is 5.76. The third kappa shape index (κ3) is 20.2. The fourth-order valence-corrected chi connectivity index (χ4v) is 3.83. The molecule has 2 heteroatoms. The van der Waals surface area contributed by atoms with Crippen molar-refractivity contribution in [3.05, 3.63) is 0 Å². The molecule has 0 aromatic rings. The molecule has 2 unspecified atom stereocenters. The van der Waals surface area contributed by atoms with Gasteiger partial charge in [-0.2, -0.15) is 0 Å². The molecular weight excluding hydrogens is 316 g/mol. The van der Waals surface area contributed by atoms with Crippen LogP contribution in [0.2, 0.25) is 0 Å². The highest BCUT2D eigenvalue weighted by atomic mass is 14.6. The predicted molar refractivity (Wildman–Crippen MR) is 120 cm³/mol. The summed E-state index contributed by atoms with van der Waals surface area (Å²) in [6.45, 7) is 4.54. The summed E-state index contributed by atoms with van der Waals surface area (Å²) in [6.07, 6.45) is 26.8. The highest BCUT2D eigenvalue weighted by molar-refractivity contribution is 4.63. The van der Waals surface area contributed by atoms with Gasteiger partial charge in [0, 0.05) is 12.1 Å². The molecule has 0 radical (unpaired) electrons. The third-order valence-electron chi connectivity index (χ3n) is 5.76. The van der Waals surface area contributed by atoms with Gasteiger partial charge in [-0.05, 0) is 25.7 Å². The van der Waals surface area contributed by atoms with Gasteiger partial charge in [-0.25, -0.2) is 0 Å². The average molecular weight is 369 g/mol. The van der Waals surface area contributed by atoms with Gasteiger partial charge in [0.05, 0.1) is 0 Å². The Morgan fingerprint density at radius 3 is 0.885 bits per heavy atom. The van der Waals surface area contributed by atoms with Gasteiger partial charge in [0.2, 0.25) is 0 Å². The van der Waals surface area contributed by atoms with Crippen molar-refractivity contribution in [1.82, 2.24) is 0 Å². The van der Waals surface area contributed by atoms with E-state index in [1.54, 1.807) is 0 Å². The summed E-state index contributed by atoms with van der Waals surface area (Å²) in [4.78, 5) is 0. The van der Waals surface area contributed by atoms with E-state index < -0.39 is 0 Å². The van der Waals surface area contributed by atoms with Crippen molar-refractivity contribution in [2.75, 3.05) is 0 Å². The van der Waals surface area contributed by atoms with E-state index in [0.717, 1.165) is 0 Å². The van der Waals surface area contributed by atoms with Crippen LogP contribution in [-0.2, 0) is 0 Å². The van der Waals surface area contributed by atoms with E-state index in [9.17, 15) is 0 Å². The van der Waals surface area contributed by atoms with Crippen LogP contribution in [0.25, 0.3) is 0 Å². The molecule has 0 spiro atoms. The summed E-state index contributed by atoms with van der Waals surface area (Å²) >= 11 is 0. The summed E-state index contributed by atoms with van der Waals surface area (Å²) in [6, 6.07) is 0.913. The van der Waals surface area contributed by atoms with Crippen molar-refractivity contribution in [1.29, 1.82) is 0 Å². The van der Waals surface area contributed by atoms with Gasteiger partial charge >= 0.3 is 0 Å². The Hall–Kier alpha value is -0.0800. The van der Waals surface area contributed by atoms with Gasteiger partial charge in [0.25, 0.3) is 0 Å². The first-order valence-electron chi connectivity index (χ1n) is 12.2. The first-order valence-corrected chi connectivity index (χ1v) is 12.2. The standard InChI is InChI=1S/C24H52N2/c1-3-5-7-15-19-23(25)21-17-13-11-9-10-12-14-18-22-24(26)20-16-8-6-4-2/h23-24H,3-22,25-26H2,1-2H3. The predicted octanol–water partition coefficient (Wildman–Crippen LogP) is 7.48. The van der Waals surface area contributed by atoms with Crippen LogP contribution in [0.5, 0.6) is 0 Å². The fourth-order valence-electron chi connectivity index (χ4n) is 3.83. The molecule has 0 saturated carbocycles. The second-order valence-corrected chi connectivity index (χ2v) is 8.62. The van der Waals surface area contributed by atoms with E-state index in [2.05, 4.69) is 13.8 Å². The van der Waals surface area contributed by atoms with E-state index in [1.807, 2.05) is 0 Å². The molecule has 0 saturated heterocycles. The van der Waals surface area contributed by atoms with Gasteiger partial charge in [-0.3, -0.25) is 0 Å². The summed E-state index contributed by atoms with van der Waals surface area (Å²) in [7, 11) is 0.